The second-order valence-corrected chi connectivity index (χ2v) is 6.37. The van der Waals surface area contributed by atoms with E-state index >= 15 is 0 Å². The molecule has 2 aromatic carbocycles. The molecule has 2 aromatic rings. The van der Waals surface area contributed by atoms with Gasteiger partial charge in [-0.2, -0.15) is 0 Å². The van der Waals surface area contributed by atoms with Crippen LogP contribution in [0, 0.1) is 6.92 Å². The molecule has 1 heterocycles. The highest BCUT2D eigenvalue weighted by atomic mass is 16.1. The van der Waals surface area contributed by atoms with Crippen molar-refractivity contribution in [2.24, 2.45) is 0 Å². The molecule has 1 fully saturated rings. The lowest BCUT2D eigenvalue weighted by molar-refractivity contribution is -0.114. The van der Waals surface area contributed by atoms with Crippen LogP contribution in [0.1, 0.15) is 24.8 Å². The van der Waals surface area contributed by atoms with E-state index in [0.29, 0.717) is 0 Å². The second-order valence-electron chi connectivity index (χ2n) is 6.37. The molecular formula is C20H25N3O. The van der Waals surface area contributed by atoms with Crippen LogP contribution in [0.15, 0.2) is 48.5 Å². The lowest BCUT2D eigenvalue weighted by atomic mass is 10.1. The van der Waals surface area contributed by atoms with Gasteiger partial charge in [0.2, 0.25) is 5.91 Å². The third-order valence-electron chi connectivity index (χ3n) is 4.34. The van der Waals surface area contributed by atoms with E-state index in [1.54, 1.807) is 0 Å². The van der Waals surface area contributed by atoms with Crippen LogP contribution in [-0.2, 0) is 4.79 Å². The van der Waals surface area contributed by atoms with Gasteiger partial charge in [0, 0.05) is 30.2 Å². The molecular weight excluding hydrogens is 298 g/mol. The molecule has 0 atom stereocenters. The van der Waals surface area contributed by atoms with Crippen molar-refractivity contribution >= 4 is 23.0 Å². The average Bonchev–Trinajstić information content (AvgIpc) is 2.61. The smallest absolute Gasteiger partial charge is 0.243 e. The number of nitrogens with one attached hydrogen (secondary N) is 2. The highest BCUT2D eigenvalue weighted by Gasteiger charge is 2.10. The van der Waals surface area contributed by atoms with Crippen LogP contribution in [0.5, 0.6) is 0 Å². The van der Waals surface area contributed by atoms with Gasteiger partial charge in [-0.25, -0.2) is 0 Å². The number of hydrogen-bond acceptors (Lipinski definition) is 3. The Morgan fingerprint density at radius 1 is 1.00 bits per heavy atom. The molecule has 4 nitrogen and oxygen atoms in total. The predicted molar refractivity (Wildman–Crippen MR) is 101 cm³/mol. The van der Waals surface area contributed by atoms with Gasteiger partial charge in [0.05, 0.1) is 6.54 Å². The Balaban J connectivity index is 1.50. The molecule has 3 rings (SSSR count). The Bertz CT molecular complexity index is 676. The van der Waals surface area contributed by atoms with Crippen molar-refractivity contribution in [3.05, 3.63) is 54.1 Å². The number of rotatable bonds is 5. The minimum absolute atomic E-state index is 0.0410. The number of hydrogen-bond donors (Lipinski definition) is 2. The number of anilines is 3. The average molecular weight is 323 g/mol. The number of nitrogens with zero attached hydrogens (tertiary/aromatic N) is 1. The van der Waals surface area contributed by atoms with E-state index in [2.05, 4.69) is 27.7 Å². The van der Waals surface area contributed by atoms with Crippen LogP contribution in [0.4, 0.5) is 17.1 Å². The minimum Gasteiger partial charge on any atom is -0.376 e. The summed E-state index contributed by atoms with van der Waals surface area (Å²) in [6, 6.07) is 16.2. The fraction of sp³-hybridized carbons (Fsp3) is 0.350. The molecule has 0 aromatic heterocycles. The van der Waals surface area contributed by atoms with Crippen molar-refractivity contribution in [3.63, 3.8) is 0 Å². The number of aryl methyl sites for hydroxylation is 1. The van der Waals surface area contributed by atoms with Crippen molar-refractivity contribution in [2.45, 2.75) is 26.2 Å². The van der Waals surface area contributed by atoms with Crippen molar-refractivity contribution in [1.29, 1.82) is 0 Å². The highest BCUT2D eigenvalue weighted by Crippen LogP contribution is 2.21. The van der Waals surface area contributed by atoms with Gasteiger partial charge >= 0.3 is 0 Å². The van der Waals surface area contributed by atoms with Gasteiger partial charge in [0.15, 0.2) is 0 Å². The summed E-state index contributed by atoms with van der Waals surface area (Å²) in [7, 11) is 0. The zero-order valence-corrected chi connectivity index (χ0v) is 14.2. The zero-order chi connectivity index (χ0) is 16.8. The van der Waals surface area contributed by atoms with Gasteiger partial charge in [0.1, 0.15) is 0 Å². The number of benzene rings is 2. The fourth-order valence-corrected chi connectivity index (χ4v) is 3.05. The summed E-state index contributed by atoms with van der Waals surface area (Å²) in [5, 5.41) is 6.09. The minimum atomic E-state index is -0.0410. The summed E-state index contributed by atoms with van der Waals surface area (Å²) in [6.07, 6.45) is 3.89. The Morgan fingerprint density at radius 3 is 2.46 bits per heavy atom. The molecule has 0 saturated carbocycles. The lowest BCUT2D eigenvalue weighted by Crippen LogP contribution is -2.29. The Kier molecular flexibility index (Phi) is 5.36. The summed E-state index contributed by atoms with van der Waals surface area (Å²) >= 11 is 0. The molecule has 126 valence electrons. The molecule has 1 saturated heterocycles. The first-order valence-electron chi connectivity index (χ1n) is 8.66. The van der Waals surface area contributed by atoms with E-state index in [9.17, 15) is 4.79 Å². The molecule has 0 aliphatic carbocycles. The second kappa shape index (κ2) is 7.86. The number of amides is 1. The van der Waals surface area contributed by atoms with E-state index < -0.39 is 0 Å². The van der Waals surface area contributed by atoms with Gasteiger partial charge in [-0.05, 0) is 68.1 Å². The molecule has 1 aliphatic heterocycles. The summed E-state index contributed by atoms with van der Waals surface area (Å²) in [5.41, 5.74) is 4.20. The maximum atomic E-state index is 12.0. The van der Waals surface area contributed by atoms with Crippen LogP contribution in [0.2, 0.25) is 0 Å². The summed E-state index contributed by atoms with van der Waals surface area (Å²) < 4.78 is 0. The van der Waals surface area contributed by atoms with Gasteiger partial charge < -0.3 is 15.5 Å². The number of piperidine rings is 1. The van der Waals surface area contributed by atoms with E-state index in [0.717, 1.165) is 30.0 Å². The van der Waals surface area contributed by atoms with Crippen molar-refractivity contribution in [2.75, 3.05) is 35.2 Å². The lowest BCUT2D eigenvalue weighted by Gasteiger charge is -2.28. The maximum absolute atomic E-state index is 12.0. The Hall–Kier alpha value is -2.49. The molecule has 0 radical (unpaired) electrons. The van der Waals surface area contributed by atoms with E-state index in [4.69, 9.17) is 0 Å². The first-order chi connectivity index (χ1) is 11.7. The van der Waals surface area contributed by atoms with E-state index in [1.165, 1.54) is 24.9 Å². The number of carbonyl (C=O) groups is 1. The van der Waals surface area contributed by atoms with Gasteiger partial charge in [-0.15, -0.1) is 0 Å². The topological polar surface area (TPSA) is 44.4 Å². The van der Waals surface area contributed by atoms with Crippen molar-refractivity contribution in [1.82, 2.24) is 0 Å². The van der Waals surface area contributed by atoms with Gasteiger partial charge in [-0.3, -0.25) is 4.79 Å². The van der Waals surface area contributed by atoms with E-state index in [-0.39, 0.29) is 12.5 Å². The molecule has 2 N–H and O–H groups in total. The standard InChI is InChI=1S/C20H25N3O/c1-16-6-5-7-18(14-16)22-20(24)15-21-17-8-10-19(11-9-17)23-12-3-2-4-13-23/h5-11,14,21H,2-4,12-13,15H2,1H3,(H,22,24). The third-order valence-corrected chi connectivity index (χ3v) is 4.34. The highest BCUT2D eigenvalue weighted by molar-refractivity contribution is 5.93. The quantitative estimate of drug-likeness (QED) is 0.873. The van der Waals surface area contributed by atoms with Gasteiger partial charge in [0.25, 0.3) is 0 Å². The molecule has 0 bridgehead atoms. The SMILES string of the molecule is Cc1cccc(NC(=O)CNc2ccc(N3CCCCC3)cc2)c1. The Labute approximate surface area is 143 Å². The molecule has 0 spiro atoms. The van der Waals surface area contributed by atoms with E-state index in [1.807, 2.05) is 43.3 Å². The first-order valence-corrected chi connectivity index (χ1v) is 8.66. The van der Waals surface area contributed by atoms with Crippen LogP contribution in [0.3, 0.4) is 0 Å². The molecule has 1 amide bonds. The van der Waals surface area contributed by atoms with Gasteiger partial charge in [-0.1, -0.05) is 12.1 Å². The number of carbonyl (C=O) groups excluding carboxylic acids is 1. The molecule has 4 heteroatoms. The normalized spacial score (nSPS) is 14.3. The van der Waals surface area contributed by atoms with Crippen molar-refractivity contribution < 1.29 is 4.79 Å². The first kappa shape index (κ1) is 16.4. The maximum Gasteiger partial charge on any atom is 0.243 e. The van der Waals surface area contributed by atoms with Crippen molar-refractivity contribution in [3.8, 4) is 0 Å². The Morgan fingerprint density at radius 2 is 1.75 bits per heavy atom. The summed E-state index contributed by atoms with van der Waals surface area (Å²) in [5.74, 6) is -0.0410. The molecule has 24 heavy (non-hydrogen) atoms. The molecule has 1 aliphatic rings. The molecule has 0 unspecified atom stereocenters. The fourth-order valence-electron chi connectivity index (χ4n) is 3.05. The predicted octanol–water partition coefficient (Wildman–Crippen LogP) is 4.04. The summed E-state index contributed by atoms with van der Waals surface area (Å²) in [6.45, 7) is 4.56. The summed E-state index contributed by atoms with van der Waals surface area (Å²) in [4.78, 5) is 14.5. The largest absolute Gasteiger partial charge is 0.376 e. The van der Waals surface area contributed by atoms with Crippen LogP contribution < -0.4 is 15.5 Å². The monoisotopic (exact) mass is 323 g/mol. The van der Waals surface area contributed by atoms with Crippen LogP contribution in [-0.4, -0.2) is 25.5 Å². The third kappa shape index (κ3) is 4.51. The van der Waals surface area contributed by atoms with Crippen LogP contribution >= 0.6 is 0 Å². The van der Waals surface area contributed by atoms with Crippen LogP contribution in [0.25, 0.3) is 0 Å². The zero-order valence-electron chi connectivity index (χ0n) is 14.2.